The van der Waals surface area contributed by atoms with E-state index in [1.165, 1.54) is 12.1 Å². The molecule has 0 aliphatic carbocycles. The van der Waals surface area contributed by atoms with Crippen LogP contribution in [0.25, 0.3) is 10.1 Å². The molecule has 0 spiro atoms. The number of phenolic OH excluding ortho intramolecular Hbond substituents is 1. The van der Waals surface area contributed by atoms with Crippen molar-refractivity contribution in [3.63, 3.8) is 0 Å². The predicted molar refractivity (Wildman–Crippen MR) is 54.6 cm³/mol. The Hall–Kier alpha value is -1.82. The number of nitrogens with two attached hydrogens (primary N) is 1. The lowest BCUT2D eigenvalue weighted by molar-refractivity contribution is -0.380. The number of rotatable bonds is 1. The zero-order valence-corrected chi connectivity index (χ0v) is 7.75. The molecule has 0 aliphatic heterocycles. The van der Waals surface area contributed by atoms with Crippen LogP contribution in [-0.4, -0.2) is 10.0 Å². The highest BCUT2D eigenvalue weighted by molar-refractivity contribution is 7.22. The smallest absolute Gasteiger partial charge is 0.325 e. The quantitative estimate of drug-likeness (QED) is 0.326. The molecule has 2 aromatic rings. The van der Waals surface area contributed by atoms with Crippen LogP contribution >= 0.6 is 11.3 Å². The maximum atomic E-state index is 10.5. The van der Waals surface area contributed by atoms with E-state index in [1.54, 1.807) is 6.07 Å². The van der Waals surface area contributed by atoms with Crippen LogP contribution in [0, 0.1) is 10.1 Å². The Bertz CT molecular complexity index is 521. The van der Waals surface area contributed by atoms with Crippen LogP contribution in [0.4, 0.5) is 10.7 Å². The Kier molecular flexibility index (Phi) is 1.78. The SMILES string of the molecule is Nc1ccc2cc([N+](=O)[O-])sc2c1O. The van der Waals surface area contributed by atoms with Crippen LogP contribution in [0.2, 0.25) is 0 Å². The maximum Gasteiger partial charge on any atom is 0.325 e. The number of anilines is 1. The molecule has 0 unspecified atom stereocenters. The average molecular weight is 210 g/mol. The van der Waals surface area contributed by atoms with Crippen molar-refractivity contribution in [2.45, 2.75) is 0 Å². The molecule has 0 fully saturated rings. The van der Waals surface area contributed by atoms with E-state index in [-0.39, 0.29) is 16.4 Å². The number of benzene rings is 1. The van der Waals surface area contributed by atoms with Crippen molar-refractivity contribution in [1.29, 1.82) is 0 Å². The Morgan fingerprint density at radius 3 is 2.86 bits per heavy atom. The van der Waals surface area contributed by atoms with Crippen molar-refractivity contribution in [3.8, 4) is 5.75 Å². The molecule has 0 atom stereocenters. The molecular formula is C8H6N2O3S. The largest absolute Gasteiger partial charge is 0.504 e. The molecule has 6 heteroatoms. The second-order valence-corrected chi connectivity index (χ2v) is 3.79. The molecule has 5 nitrogen and oxygen atoms in total. The van der Waals surface area contributed by atoms with Gasteiger partial charge in [-0.2, -0.15) is 0 Å². The molecule has 0 aliphatic rings. The lowest BCUT2D eigenvalue weighted by Crippen LogP contribution is -1.83. The zero-order valence-electron chi connectivity index (χ0n) is 6.93. The molecule has 72 valence electrons. The molecule has 0 saturated heterocycles. The minimum absolute atomic E-state index is 0.000833. The van der Waals surface area contributed by atoms with Crippen LogP contribution in [0.5, 0.6) is 5.75 Å². The topological polar surface area (TPSA) is 89.4 Å². The van der Waals surface area contributed by atoms with Gasteiger partial charge in [-0.05, 0) is 6.07 Å². The van der Waals surface area contributed by atoms with Crippen molar-refractivity contribution < 1.29 is 10.0 Å². The molecule has 0 radical (unpaired) electrons. The van der Waals surface area contributed by atoms with E-state index in [0.717, 1.165) is 11.3 Å². The van der Waals surface area contributed by atoms with Gasteiger partial charge in [-0.3, -0.25) is 10.1 Å². The lowest BCUT2D eigenvalue weighted by Gasteiger charge is -1.97. The third kappa shape index (κ3) is 1.16. The van der Waals surface area contributed by atoms with Gasteiger partial charge < -0.3 is 10.8 Å². The van der Waals surface area contributed by atoms with Gasteiger partial charge in [0, 0.05) is 11.5 Å². The first-order chi connectivity index (χ1) is 6.59. The van der Waals surface area contributed by atoms with Gasteiger partial charge in [0.15, 0.2) is 5.75 Å². The van der Waals surface area contributed by atoms with Gasteiger partial charge >= 0.3 is 5.00 Å². The summed E-state index contributed by atoms with van der Waals surface area (Å²) in [5, 5.41) is 20.6. The molecule has 1 aromatic heterocycles. The van der Waals surface area contributed by atoms with Crippen molar-refractivity contribution in [2.75, 3.05) is 5.73 Å². The number of aromatic hydroxyl groups is 1. The number of hydrogen-bond acceptors (Lipinski definition) is 5. The summed E-state index contributed by atoms with van der Waals surface area (Å²) in [7, 11) is 0. The van der Waals surface area contributed by atoms with Gasteiger partial charge in [0.25, 0.3) is 0 Å². The number of nitrogens with zero attached hydrogens (tertiary/aromatic N) is 1. The molecule has 0 amide bonds. The Labute approximate surface area is 82.5 Å². The number of thiophene rings is 1. The monoisotopic (exact) mass is 210 g/mol. The van der Waals surface area contributed by atoms with E-state index in [4.69, 9.17) is 5.73 Å². The molecular weight excluding hydrogens is 204 g/mol. The van der Waals surface area contributed by atoms with Gasteiger partial charge in [0.2, 0.25) is 0 Å². The summed E-state index contributed by atoms with van der Waals surface area (Å²) in [6.45, 7) is 0. The standard InChI is InChI=1S/C8H6N2O3S/c9-5-2-1-4-3-6(10(12)13)14-8(4)7(5)11/h1-3,11H,9H2. The van der Waals surface area contributed by atoms with Gasteiger partial charge in [0.1, 0.15) is 0 Å². The highest BCUT2D eigenvalue weighted by atomic mass is 32.1. The first-order valence-electron chi connectivity index (χ1n) is 3.75. The van der Waals surface area contributed by atoms with Crippen molar-refractivity contribution in [3.05, 3.63) is 28.3 Å². The molecule has 2 rings (SSSR count). The highest BCUT2D eigenvalue weighted by Crippen LogP contribution is 2.39. The van der Waals surface area contributed by atoms with Crippen LogP contribution < -0.4 is 5.73 Å². The Balaban J connectivity index is 2.77. The van der Waals surface area contributed by atoms with E-state index in [2.05, 4.69) is 0 Å². The highest BCUT2D eigenvalue weighted by Gasteiger charge is 2.14. The lowest BCUT2D eigenvalue weighted by atomic mass is 10.2. The zero-order chi connectivity index (χ0) is 10.3. The fraction of sp³-hybridized carbons (Fsp3) is 0. The molecule has 1 heterocycles. The number of hydrogen-bond donors (Lipinski definition) is 2. The molecule has 1 aromatic carbocycles. The number of nitro groups is 1. The van der Waals surface area contributed by atoms with E-state index < -0.39 is 4.92 Å². The Morgan fingerprint density at radius 2 is 2.21 bits per heavy atom. The third-order valence-corrected chi connectivity index (χ3v) is 2.97. The third-order valence-electron chi connectivity index (χ3n) is 1.86. The first-order valence-corrected chi connectivity index (χ1v) is 4.56. The molecule has 0 bridgehead atoms. The summed E-state index contributed by atoms with van der Waals surface area (Å²) in [5.74, 6) is -0.0828. The average Bonchev–Trinajstić information content (AvgIpc) is 2.56. The van der Waals surface area contributed by atoms with Crippen LogP contribution in [0.1, 0.15) is 0 Å². The first kappa shape index (κ1) is 8.76. The minimum atomic E-state index is -0.486. The summed E-state index contributed by atoms with van der Waals surface area (Å²) in [6.07, 6.45) is 0. The van der Waals surface area contributed by atoms with Crippen molar-refractivity contribution in [1.82, 2.24) is 0 Å². The van der Waals surface area contributed by atoms with E-state index in [1.807, 2.05) is 0 Å². The fourth-order valence-electron chi connectivity index (χ4n) is 1.18. The van der Waals surface area contributed by atoms with Crippen molar-refractivity contribution >= 4 is 32.1 Å². The van der Waals surface area contributed by atoms with Gasteiger partial charge in [-0.15, -0.1) is 0 Å². The van der Waals surface area contributed by atoms with E-state index >= 15 is 0 Å². The normalized spacial score (nSPS) is 10.6. The predicted octanol–water partition coefficient (Wildman–Crippen LogP) is 2.10. The second-order valence-electron chi connectivity index (χ2n) is 2.76. The van der Waals surface area contributed by atoms with Crippen molar-refractivity contribution in [2.24, 2.45) is 0 Å². The number of fused-ring (bicyclic) bond motifs is 1. The molecule has 14 heavy (non-hydrogen) atoms. The van der Waals surface area contributed by atoms with E-state index in [0.29, 0.717) is 10.1 Å². The molecule has 0 saturated carbocycles. The van der Waals surface area contributed by atoms with Gasteiger partial charge in [-0.25, -0.2) is 0 Å². The van der Waals surface area contributed by atoms with Crippen LogP contribution in [0.15, 0.2) is 18.2 Å². The summed E-state index contributed by atoms with van der Waals surface area (Å²) in [5.41, 5.74) is 5.69. The number of nitrogen functional groups attached to an aromatic ring is 1. The number of phenols is 1. The fourth-order valence-corrected chi connectivity index (χ4v) is 2.11. The van der Waals surface area contributed by atoms with Crippen LogP contribution in [-0.2, 0) is 0 Å². The van der Waals surface area contributed by atoms with Gasteiger partial charge in [-0.1, -0.05) is 17.4 Å². The van der Waals surface area contributed by atoms with E-state index in [9.17, 15) is 15.2 Å². The Morgan fingerprint density at radius 1 is 1.50 bits per heavy atom. The second kappa shape index (κ2) is 2.85. The minimum Gasteiger partial charge on any atom is -0.504 e. The van der Waals surface area contributed by atoms with Gasteiger partial charge in [0.05, 0.1) is 15.3 Å². The molecule has 3 N–H and O–H groups in total. The summed E-state index contributed by atoms with van der Waals surface area (Å²) in [6, 6.07) is 4.58. The van der Waals surface area contributed by atoms with Crippen LogP contribution in [0.3, 0.4) is 0 Å². The summed E-state index contributed by atoms with van der Waals surface area (Å²) in [4.78, 5) is 9.98. The maximum absolute atomic E-state index is 10.5. The summed E-state index contributed by atoms with van der Waals surface area (Å²) < 4.78 is 0.455. The summed E-state index contributed by atoms with van der Waals surface area (Å²) >= 11 is 0.917.